The van der Waals surface area contributed by atoms with Gasteiger partial charge in [-0.3, -0.25) is 42.4 Å². The SMILES string of the molecule is COc1ccc(CNC(=O)c2ccc3c(c2)c(=O)n(Cc2ccc(C(=O)O)c(F)c2)c(=O)n3C)cc1.Cn1c(=O)n(Cc2ccc(C(=O)O)cc2)c(=O)c2cc(C(=O)NCc3ccncc3)ccc21. The van der Waals surface area contributed by atoms with Gasteiger partial charge in [-0.2, -0.15) is 0 Å². The number of carbonyl (C=O) groups excluding carboxylic acids is 2. The smallest absolute Gasteiger partial charge is 0.338 e. The molecule has 8 aromatic rings. The number of nitrogens with one attached hydrogen (secondary N) is 2. The molecule has 69 heavy (non-hydrogen) atoms. The number of aromatic nitrogens is 5. The topological polar surface area (TPSA) is 243 Å². The van der Waals surface area contributed by atoms with Crippen LogP contribution in [0.25, 0.3) is 21.8 Å². The molecular weight excluding hydrogens is 894 g/mol. The highest BCUT2D eigenvalue weighted by molar-refractivity contribution is 5.98. The highest BCUT2D eigenvalue weighted by Crippen LogP contribution is 2.16. The molecule has 19 heteroatoms. The summed E-state index contributed by atoms with van der Waals surface area (Å²) in [6, 6.07) is 29.2. The van der Waals surface area contributed by atoms with E-state index in [0.717, 1.165) is 32.4 Å². The van der Waals surface area contributed by atoms with E-state index in [-0.39, 0.29) is 53.0 Å². The van der Waals surface area contributed by atoms with E-state index in [0.29, 0.717) is 34.5 Å². The van der Waals surface area contributed by atoms with E-state index in [2.05, 4.69) is 15.6 Å². The van der Waals surface area contributed by atoms with Gasteiger partial charge in [0, 0.05) is 50.7 Å². The number of pyridine rings is 1. The molecule has 0 spiro atoms. The summed E-state index contributed by atoms with van der Waals surface area (Å²) in [5.41, 5.74) is 1.13. The maximum absolute atomic E-state index is 14.1. The second-order valence-corrected chi connectivity index (χ2v) is 15.6. The number of benzene rings is 5. The van der Waals surface area contributed by atoms with Crippen molar-refractivity contribution in [1.29, 1.82) is 0 Å². The number of amides is 2. The number of carboxylic acid groups (broad SMARTS) is 2. The van der Waals surface area contributed by atoms with Crippen LogP contribution < -0.4 is 37.9 Å². The van der Waals surface area contributed by atoms with Gasteiger partial charge in [0.2, 0.25) is 0 Å². The number of methoxy groups -OCH3 is 1. The molecule has 350 valence electrons. The van der Waals surface area contributed by atoms with Crippen molar-refractivity contribution in [2.45, 2.75) is 26.2 Å². The molecule has 0 aliphatic carbocycles. The van der Waals surface area contributed by atoms with Gasteiger partial charge in [-0.05, 0) is 107 Å². The number of hydrogen-bond donors (Lipinski definition) is 4. The lowest BCUT2D eigenvalue weighted by Gasteiger charge is -2.12. The summed E-state index contributed by atoms with van der Waals surface area (Å²) in [5, 5.41) is 24.0. The molecular formula is C50H42FN7O11. The van der Waals surface area contributed by atoms with Crippen LogP contribution in [0.2, 0.25) is 0 Å². The number of carboxylic acids is 2. The lowest BCUT2D eigenvalue weighted by molar-refractivity contribution is 0.0683. The summed E-state index contributed by atoms with van der Waals surface area (Å²) in [5.74, 6) is -3.51. The number of nitrogens with zero attached hydrogens (tertiary/aromatic N) is 5. The average Bonchev–Trinajstić information content (AvgIpc) is 3.36. The predicted octanol–water partition coefficient (Wildman–Crippen LogP) is 4.30. The molecule has 0 bridgehead atoms. The fraction of sp³-hybridized carbons (Fsp3) is 0.140. The molecule has 0 atom stereocenters. The molecule has 0 radical (unpaired) electrons. The minimum absolute atomic E-state index is 0.0280. The Hall–Kier alpha value is -9.26. The summed E-state index contributed by atoms with van der Waals surface area (Å²) in [4.78, 5) is 103. The van der Waals surface area contributed by atoms with Crippen molar-refractivity contribution in [1.82, 2.24) is 33.9 Å². The van der Waals surface area contributed by atoms with E-state index in [9.17, 15) is 42.7 Å². The lowest BCUT2D eigenvalue weighted by atomic mass is 10.1. The van der Waals surface area contributed by atoms with Gasteiger partial charge >= 0.3 is 23.3 Å². The third kappa shape index (κ3) is 10.6. The Bertz CT molecular complexity index is 3550. The van der Waals surface area contributed by atoms with E-state index in [1.54, 1.807) is 75.1 Å². The number of hydrogen-bond acceptors (Lipinski definition) is 10. The summed E-state index contributed by atoms with van der Waals surface area (Å²) >= 11 is 0. The zero-order chi connectivity index (χ0) is 49.5. The third-order valence-corrected chi connectivity index (χ3v) is 11.2. The lowest BCUT2D eigenvalue weighted by Crippen LogP contribution is -2.39. The van der Waals surface area contributed by atoms with E-state index < -0.39 is 51.7 Å². The van der Waals surface area contributed by atoms with Gasteiger partial charge in [-0.1, -0.05) is 30.3 Å². The van der Waals surface area contributed by atoms with Crippen LogP contribution in [0.1, 0.15) is 63.7 Å². The number of fused-ring (bicyclic) bond motifs is 2. The van der Waals surface area contributed by atoms with Crippen molar-refractivity contribution in [3.63, 3.8) is 0 Å². The first-order valence-corrected chi connectivity index (χ1v) is 20.9. The summed E-state index contributed by atoms with van der Waals surface area (Å²) in [6.07, 6.45) is 3.27. The fourth-order valence-corrected chi connectivity index (χ4v) is 7.35. The molecule has 18 nitrogen and oxygen atoms in total. The molecule has 8 rings (SSSR count). The van der Waals surface area contributed by atoms with Crippen LogP contribution in [0.3, 0.4) is 0 Å². The fourth-order valence-electron chi connectivity index (χ4n) is 7.35. The van der Waals surface area contributed by atoms with Gasteiger partial charge in [0.25, 0.3) is 22.9 Å². The third-order valence-electron chi connectivity index (χ3n) is 11.2. The van der Waals surface area contributed by atoms with Crippen LogP contribution in [-0.2, 0) is 40.3 Å². The summed E-state index contributed by atoms with van der Waals surface area (Å²) in [7, 11) is 4.60. The first kappa shape index (κ1) is 47.7. The molecule has 0 aliphatic rings. The van der Waals surface area contributed by atoms with Crippen LogP contribution in [0, 0.1) is 5.82 Å². The Balaban J connectivity index is 0.000000205. The van der Waals surface area contributed by atoms with Gasteiger partial charge in [-0.15, -0.1) is 0 Å². The Morgan fingerprint density at radius 1 is 0.565 bits per heavy atom. The first-order valence-electron chi connectivity index (χ1n) is 20.9. The maximum atomic E-state index is 14.1. The minimum atomic E-state index is -1.42. The molecule has 3 heterocycles. The number of rotatable bonds is 13. The van der Waals surface area contributed by atoms with Gasteiger partial charge in [0.1, 0.15) is 11.6 Å². The van der Waals surface area contributed by atoms with E-state index >= 15 is 0 Å². The van der Waals surface area contributed by atoms with Crippen molar-refractivity contribution in [3.05, 3.63) is 220 Å². The van der Waals surface area contributed by atoms with Crippen LogP contribution in [0.4, 0.5) is 4.39 Å². The number of ether oxygens (including phenoxy) is 1. The van der Waals surface area contributed by atoms with Crippen molar-refractivity contribution < 1.29 is 38.5 Å². The van der Waals surface area contributed by atoms with Crippen LogP contribution in [0.15, 0.2) is 147 Å². The summed E-state index contributed by atoms with van der Waals surface area (Å²) < 4.78 is 23.8. The van der Waals surface area contributed by atoms with Crippen LogP contribution >= 0.6 is 0 Å². The molecule has 3 aromatic heterocycles. The number of aromatic carboxylic acids is 2. The van der Waals surface area contributed by atoms with Crippen molar-refractivity contribution in [2.24, 2.45) is 14.1 Å². The zero-order valence-corrected chi connectivity index (χ0v) is 37.1. The molecule has 0 saturated heterocycles. The molecule has 0 fully saturated rings. The molecule has 4 N–H and O–H groups in total. The van der Waals surface area contributed by atoms with Crippen molar-refractivity contribution in [2.75, 3.05) is 7.11 Å². The van der Waals surface area contributed by atoms with Crippen LogP contribution in [0.5, 0.6) is 5.75 Å². The summed E-state index contributed by atoms with van der Waals surface area (Å²) in [6.45, 7) is 0.269. The zero-order valence-electron chi connectivity index (χ0n) is 37.1. The van der Waals surface area contributed by atoms with E-state index in [1.807, 2.05) is 12.1 Å². The highest BCUT2D eigenvalue weighted by atomic mass is 19.1. The molecule has 5 aromatic carbocycles. The Kier molecular flexibility index (Phi) is 14.2. The Labute approximate surface area is 389 Å². The van der Waals surface area contributed by atoms with Gasteiger partial charge in [0.05, 0.1) is 53.1 Å². The maximum Gasteiger partial charge on any atom is 0.338 e. The van der Waals surface area contributed by atoms with Gasteiger partial charge in [-0.25, -0.2) is 23.6 Å². The second kappa shape index (κ2) is 20.5. The van der Waals surface area contributed by atoms with E-state index in [1.165, 1.54) is 58.6 Å². The van der Waals surface area contributed by atoms with Crippen LogP contribution in [-0.4, -0.2) is 64.3 Å². The van der Waals surface area contributed by atoms with Gasteiger partial charge in [0.15, 0.2) is 0 Å². The van der Waals surface area contributed by atoms with E-state index in [4.69, 9.17) is 14.9 Å². The standard InChI is InChI=1S/C26H22FN3O6.C24H20N4O5/c1-29-22-10-6-17(23(31)28-13-15-3-7-18(36-2)8-4-15)12-20(22)24(32)30(26(29)35)14-16-5-9-19(25(33)34)21(27)11-16;1-27-20-7-6-18(21(29)26-13-15-8-10-25-11-9-15)12-19(20)22(30)28(24(27)33)14-16-2-4-17(5-3-16)23(31)32/h3-12H,13-14H2,1-2H3,(H,28,31)(H,33,34);2-12H,13-14H2,1H3,(H,26,29)(H,31,32). The van der Waals surface area contributed by atoms with Crippen molar-refractivity contribution >= 4 is 45.6 Å². The molecule has 0 unspecified atom stereocenters. The normalized spacial score (nSPS) is 10.8. The second-order valence-electron chi connectivity index (χ2n) is 15.6. The molecule has 2 amide bonds. The number of carbonyl (C=O) groups is 4. The number of halogens is 1. The molecule has 0 aliphatic heterocycles. The van der Waals surface area contributed by atoms with Gasteiger partial charge < -0.3 is 25.6 Å². The van der Waals surface area contributed by atoms with Crippen molar-refractivity contribution in [3.8, 4) is 5.75 Å². The first-order chi connectivity index (χ1) is 33.0. The quantitative estimate of drug-likeness (QED) is 0.127. The Morgan fingerprint density at radius 2 is 1.01 bits per heavy atom. The average molecular weight is 936 g/mol. The highest BCUT2D eigenvalue weighted by Gasteiger charge is 2.18. The minimum Gasteiger partial charge on any atom is -0.497 e. The predicted molar refractivity (Wildman–Crippen MR) is 251 cm³/mol. The number of aryl methyl sites for hydroxylation is 2. The largest absolute Gasteiger partial charge is 0.497 e. The molecule has 0 saturated carbocycles. The monoisotopic (exact) mass is 935 g/mol. The Morgan fingerprint density at radius 3 is 1.48 bits per heavy atom.